The molecule has 0 radical (unpaired) electrons. The number of carboxylic acid groups (broad SMARTS) is 1. The van der Waals surface area contributed by atoms with Crippen LogP contribution in [0.2, 0.25) is 5.02 Å². The van der Waals surface area contributed by atoms with Gasteiger partial charge in [0.2, 0.25) is 0 Å². The van der Waals surface area contributed by atoms with Crippen LogP contribution in [0.4, 0.5) is 0 Å². The molecule has 1 aromatic carbocycles. The molecular formula is C14H14ClNO3. The average molecular weight is 280 g/mol. The molecule has 0 saturated heterocycles. The number of halogens is 1. The van der Waals surface area contributed by atoms with Crippen molar-refractivity contribution in [2.75, 3.05) is 6.61 Å². The maximum Gasteiger partial charge on any atom is 0.312 e. The summed E-state index contributed by atoms with van der Waals surface area (Å²) in [4.78, 5) is 15.3. The molecule has 19 heavy (non-hydrogen) atoms. The van der Waals surface area contributed by atoms with Crippen LogP contribution in [0.25, 0.3) is 10.9 Å². The first-order valence-corrected chi connectivity index (χ1v) is 6.19. The molecule has 1 heterocycles. The van der Waals surface area contributed by atoms with Gasteiger partial charge < -0.3 is 9.84 Å². The van der Waals surface area contributed by atoms with Crippen LogP contribution in [0.5, 0.6) is 5.75 Å². The van der Waals surface area contributed by atoms with Crippen LogP contribution in [0.1, 0.15) is 13.8 Å². The van der Waals surface area contributed by atoms with Crippen LogP contribution < -0.4 is 4.74 Å². The van der Waals surface area contributed by atoms with Crippen LogP contribution >= 0.6 is 11.6 Å². The van der Waals surface area contributed by atoms with Crippen LogP contribution in [-0.4, -0.2) is 22.7 Å². The predicted octanol–water partition coefficient (Wildman–Crippen LogP) is 3.38. The monoisotopic (exact) mass is 279 g/mol. The lowest BCUT2D eigenvalue weighted by atomic mass is 9.95. The van der Waals surface area contributed by atoms with E-state index in [4.69, 9.17) is 21.4 Å². The maximum atomic E-state index is 11.0. The van der Waals surface area contributed by atoms with E-state index in [0.717, 1.165) is 5.39 Å². The normalized spacial score (nSPS) is 11.5. The lowest BCUT2D eigenvalue weighted by Crippen LogP contribution is -2.30. The fourth-order valence-electron chi connectivity index (χ4n) is 1.55. The van der Waals surface area contributed by atoms with Gasteiger partial charge in [-0.15, -0.1) is 0 Å². The molecule has 0 amide bonds. The highest BCUT2D eigenvalue weighted by Gasteiger charge is 2.28. The molecule has 0 spiro atoms. The summed E-state index contributed by atoms with van der Waals surface area (Å²) in [5, 5.41) is 10.4. The van der Waals surface area contributed by atoms with Crippen molar-refractivity contribution in [3.63, 3.8) is 0 Å². The van der Waals surface area contributed by atoms with E-state index in [2.05, 4.69) is 4.98 Å². The van der Waals surface area contributed by atoms with Crippen molar-refractivity contribution in [2.24, 2.45) is 5.41 Å². The van der Waals surface area contributed by atoms with E-state index in [0.29, 0.717) is 16.3 Å². The first-order chi connectivity index (χ1) is 8.92. The molecular weight excluding hydrogens is 266 g/mol. The van der Waals surface area contributed by atoms with Crippen molar-refractivity contribution in [1.82, 2.24) is 4.98 Å². The number of ether oxygens (including phenoxy) is 1. The van der Waals surface area contributed by atoms with E-state index in [1.54, 1.807) is 38.2 Å². The molecule has 4 nitrogen and oxygen atoms in total. The number of nitrogens with zero attached hydrogens (tertiary/aromatic N) is 1. The van der Waals surface area contributed by atoms with Gasteiger partial charge in [0.25, 0.3) is 0 Å². The highest BCUT2D eigenvalue weighted by atomic mass is 35.5. The Hall–Kier alpha value is -1.81. The number of benzene rings is 1. The van der Waals surface area contributed by atoms with Gasteiger partial charge in [-0.3, -0.25) is 9.78 Å². The number of fused-ring (bicyclic) bond motifs is 1. The van der Waals surface area contributed by atoms with Gasteiger partial charge in [0.05, 0.1) is 10.4 Å². The van der Waals surface area contributed by atoms with Gasteiger partial charge >= 0.3 is 5.97 Å². The highest BCUT2D eigenvalue weighted by Crippen LogP contribution is 2.30. The summed E-state index contributed by atoms with van der Waals surface area (Å²) < 4.78 is 5.60. The summed E-state index contributed by atoms with van der Waals surface area (Å²) >= 11 is 6.08. The minimum atomic E-state index is -0.958. The van der Waals surface area contributed by atoms with Gasteiger partial charge in [-0.25, -0.2) is 0 Å². The number of rotatable bonds is 4. The zero-order valence-corrected chi connectivity index (χ0v) is 11.4. The Kier molecular flexibility index (Phi) is 3.62. The van der Waals surface area contributed by atoms with Gasteiger partial charge in [-0.05, 0) is 38.1 Å². The Bertz CT molecular complexity index is 625. The van der Waals surface area contributed by atoms with Crippen LogP contribution in [0.15, 0.2) is 30.5 Å². The standard InChI is InChI=1S/C14H14ClNO3/c1-14(2,13(17)18)8-19-11-6-5-10(15)9-4-3-7-16-12(9)11/h3-7H,8H2,1-2H3,(H,17,18). The second-order valence-electron chi connectivity index (χ2n) is 4.92. The number of pyridine rings is 1. The Morgan fingerprint density at radius 2 is 2.16 bits per heavy atom. The molecule has 0 saturated carbocycles. The zero-order valence-electron chi connectivity index (χ0n) is 10.7. The minimum Gasteiger partial charge on any atom is -0.490 e. The minimum absolute atomic E-state index is 0.0651. The van der Waals surface area contributed by atoms with E-state index in [9.17, 15) is 4.79 Å². The topological polar surface area (TPSA) is 59.4 Å². The Labute approximate surface area is 116 Å². The lowest BCUT2D eigenvalue weighted by molar-refractivity contribution is -0.148. The second kappa shape index (κ2) is 5.05. The number of aliphatic carboxylic acids is 1. The van der Waals surface area contributed by atoms with Gasteiger partial charge in [-0.1, -0.05) is 11.6 Å². The summed E-state index contributed by atoms with van der Waals surface area (Å²) in [7, 11) is 0. The molecule has 2 rings (SSSR count). The third-order valence-electron chi connectivity index (χ3n) is 2.85. The van der Waals surface area contributed by atoms with E-state index >= 15 is 0 Å². The predicted molar refractivity (Wildman–Crippen MR) is 73.7 cm³/mol. The largest absolute Gasteiger partial charge is 0.490 e. The van der Waals surface area contributed by atoms with E-state index < -0.39 is 11.4 Å². The third kappa shape index (κ3) is 2.79. The van der Waals surface area contributed by atoms with Gasteiger partial charge in [0, 0.05) is 11.6 Å². The van der Waals surface area contributed by atoms with Crippen LogP contribution in [0.3, 0.4) is 0 Å². The Morgan fingerprint density at radius 3 is 2.84 bits per heavy atom. The van der Waals surface area contributed by atoms with E-state index in [1.165, 1.54) is 0 Å². The lowest BCUT2D eigenvalue weighted by Gasteiger charge is -2.20. The van der Waals surface area contributed by atoms with E-state index in [-0.39, 0.29) is 6.61 Å². The summed E-state index contributed by atoms with van der Waals surface area (Å²) in [6.07, 6.45) is 1.65. The van der Waals surface area contributed by atoms with Crippen molar-refractivity contribution >= 4 is 28.5 Å². The molecule has 0 aliphatic carbocycles. The van der Waals surface area contributed by atoms with Crippen molar-refractivity contribution in [3.05, 3.63) is 35.5 Å². The summed E-state index contributed by atoms with van der Waals surface area (Å²) in [6, 6.07) is 7.06. The molecule has 5 heteroatoms. The van der Waals surface area contributed by atoms with Crippen LogP contribution in [-0.2, 0) is 4.79 Å². The smallest absolute Gasteiger partial charge is 0.312 e. The first kappa shape index (κ1) is 13.6. The number of aromatic nitrogens is 1. The number of carbonyl (C=O) groups is 1. The molecule has 1 aromatic heterocycles. The summed E-state index contributed by atoms with van der Waals surface area (Å²) in [5.41, 5.74) is -0.322. The van der Waals surface area contributed by atoms with Crippen molar-refractivity contribution in [3.8, 4) is 5.75 Å². The molecule has 0 aliphatic rings. The summed E-state index contributed by atoms with van der Waals surface area (Å²) in [6.45, 7) is 3.29. The second-order valence-corrected chi connectivity index (χ2v) is 5.33. The quantitative estimate of drug-likeness (QED) is 0.932. The summed E-state index contributed by atoms with van der Waals surface area (Å²) in [5.74, 6) is -0.368. The van der Waals surface area contributed by atoms with Gasteiger partial charge in [-0.2, -0.15) is 0 Å². The van der Waals surface area contributed by atoms with Crippen molar-refractivity contribution in [2.45, 2.75) is 13.8 Å². The van der Waals surface area contributed by atoms with Gasteiger partial charge in [0.15, 0.2) is 0 Å². The van der Waals surface area contributed by atoms with Crippen LogP contribution in [0, 0.1) is 5.41 Å². The average Bonchev–Trinajstić information content (AvgIpc) is 2.38. The SMILES string of the molecule is CC(C)(COc1ccc(Cl)c2cccnc12)C(=O)O. The molecule has 2 aromatic rings. The Balaban J connectivity index is 2.32. The van der Waals surface area contributed by atoms with E-state index in [1.807, 2.05) is 6.07 Å². The molecule has 1 N–H and O–H groups in total. The molecule has 0 fully saturated rings. The zero-order chi connectivity index (χ0) is 14.0. The first-order valence-electron chi connectivity index (χ1n) is 5.81. The third-order valence-corrected chi connectivity index (χ3v) is 3.18. The maximum absolute atomic E-state index is 11.0. The van der Waals surface area contributed by atoms with Gasteiger partial charge in [0.1, 0.15) is 17.9 Å². The van der Waals surface area contributed by atoms with Crippen molar-refractivity contribution < 1.29 is 14.6 Å². The molecule has 100 valence electrons. The molecule has 0 unspecified atom stereocenters. The molecule has 0 atom stereocenters. The Morgan fingerprint density at radius 1 is 1.42 bits per heavy atom. The fraction of sp³-hybridized carbons (Fsp3) is 0.286. The number of carboxylic acids is 1. The number of hydrogen-bond donors (Lipinski definition) is 1. The number of hydrogen-bond acceptors (Lipinski definition) is 3. The highest BCUT2D eigenvalue weighted by molar-refractivity contribution is 6.35. The van der Waals surface area contributed by atoms with Crippen molar-refractivity contribution in [1.29, 1.82) is 0 Å². The molecule has 0 aliphatic heterocycles. The fourth-order valence-corrected chi connectivity index (χ4v) is 1.76. The molecule has 0 bridgehead atoms.